The van der Waals surface area contributed by atoms with Gasteiger partial charge in [-0.1, -0.05) is 0 Å². The van der Waals surface area contributed by atoms with Gasteiger partial charge in [0.15, 0.2) is 0 Å². The van der Waals surface area contributed by atoms with E-state index in [1.54, 1.807) is 0 Å². The van der Waals surface area contributed by atoms with E-state index in [9.17, 15) is 5.11 Å². The minimum absolute atomic E-state index is 0.285. The molecule has 1 rings (SSSR count). The second-order valence-corrected chi connectivity index (χ2v) is 4.93. The van der Waals surface area contributed by atoms with Crippen LogP contribution in [0.3, 0.4) is 0 Å². The van der Waals surface area contributed by atoms with Crippen LogP contribution in [0.4, 0.5) is 0 Å². The fourth-order valence-corrected chi connectivity index (χ4v) is 1.53. The van der Waals surface area contributed by atoms with Gasteiger partial charge in [-0.2, -0.15) is 0 Å². The van der Waals surface area contributed by atoms with E-state index in [1.165, 1.54) is 0 Å². The molecule has 1 fully saturated rings. The number of nitrogens with zero attached hydrogens (tertiary/aromatic N) is 1. The molecule has 0 radical (unpaired) electrons. The van der Waals surface area contributed by atoms with E-state index >= 15 is 0 Å². The Morgan fingerprint density at radius 1 is 1.36 bits per heavy atom. The molecule has 1 heterocycles. The highest BCUT2D eigenvalue weighted by atomic mass is 16.6. The summed E-state index contributed by atoms with van der Waals surface area (Å²) in [4.78, 5) is 1.93. The largest absolute Gasteiger partial charge is 0.356 e. The SMILES string of the molecule is CC(C)(C)OC(O)N1CCC(N)CC1. The van der Waals surface area contributed by atoms with Crippen molar-refractivity contribution in [3.63, 3.8) is 0 Å². The Morgan fingerprint density at radius 3 is 2.29 bits per heavy atom. The predicted molar refractivity (Wildman–Crippen MR) is 55.6 cm³/mol. The lowest BCUT2D eigenvalue weighted by Gasteiger charge is -2.36. The molecule has 3 N–H and O–H groups in total. The van der Waals surface area contributed by atoms with Gasteiger partial charge in [0.2, 0.25) is 6.41 Å². The zero-order valence-corrected chi connectivity index (χ0v) is 9.36. The van der Waals surface area contributed by atoms with Crippen molar-refractivity contribution in [3.8, 4) is 0 Å². The Kier molecular flexibility index (Phi) is 3.89. The van der Waals surface area contributed by atoms with Crippen LogP contribution in [-0.2, 0) is 4.74 Å². The number of rotatable bonds is 2. The van der Waals surface area contributed by atoms with Crippen molar-refractivity contribution in [2.45, 2.75) is 51.7 Å². The molecule has 1 aliphatic heterocycles. The van der Waals surface area contributed by atoms with Gasteiger partial charge in [0.1, 0.15) is 0 Å². The monoisotopic (exact) mass is 202 g/mol. The highest BCUT2D eigenvalue weighted by molar-refractivity contribution is 4.74. The maximum Gasteiger partial charge on any atom is 0.216 e. The molecule has 0 aliphatic carbocycles. The highest BCUT2D eigenvalue weighted by Crippen LogP contribution is 2.16. The van der Waals surface area contributed by atoms with Crippen molar-refractivity contribution < 1.29 is 9.84 Å². The Labute approximate surface area is 86.0 Å². The molecule has 0 aromatic carbocycles. The van der Waals surface area contributed by atoms with E-state index in [4.69, 9.17) is 10.5 Å². The summed E-state index contributed by atoms with van der Waals surface area (Å²) < 4.78 is 5.45. The van der Waals surface area contributed by atoms with Gasteiger partial charge >= 0.3 is 0 Å². The quantitative estimate of drug-likeness (QED) is 0.640. The van der Waals surface area contributed by atoms with E-state index in [1.807, 2.05) is 25.7 Å². The molecule has 4 heteroatoms. The van der Waals surface area contributed by atoms with Crippen LogP contribution in [0.15, 0.2) is 0 Å². The zero-order chi connectivity index (χ0) is 10.8. The molecule has 1 saturated heterocycles. The van der Waals surface area contributed by atoms with Crippen LogP contribution in [0.2, 0.25) is 0 Å². The fraction of sp³-hybridized carbons (Fsp3) is 1.00. The van der Waals surface area contributed by atoms with E-state index < -0.39 is 6.41 Å². The second kappa shape index (κ2) is 4.57. The highest BCUT2D eigenvalue weighted by Gasteiger charge is 2.25. The number of hydrogen-bond acceptors (Lipinski definition) is 4. The van der Waals surface area contributed by atoms with Gasteiger partial charge in [-0.3, -0.25) is 4.90 Å². The average molecular weight is 202 g/mol. The molecule has 0 spiro atoms. The maximum absolute atomic E-state index is 9.76. The van der Waals surface area contributed by atoms with Crippen LogP contribution in [0.5, 0.6) is 0 Å². The molecule has 1 aliphatic rings. The lowest BCUT2D eigenvalue weighted by atomic mass is 10.1. The van der Waals surface area contributed by atoms with Crippen LogP contribution < -0.4 is 5.73 Å². The van der Waals surface area contributed by atoms with E-state index in [-0.39, 0.29) is 11.6 Å². The summed E-state index contributed by atoms with van der Waals surface area (Å²) in [6.45, 7) is 7.44. The Morgan fingerprint density at radius 2 is 1.86 bits per heavy atom. The van der Waals surface area contributed by atoms with Crippen LogP contribution in [-0.4, -0.2) is 41.2 Å². The van der Waals surface area contributed by atoms with Crippen molar-refractivity contribution in [1.29, 1.82) is 0 Å². The maximum atomic E-state index is 9.76. The van der Waals surface area contributed by atoms with E-state index in [0.717, 1.165) is 25.9 Å². The number of aliphatic hydroxyl groups excluding tert-OH is 1. The number of aliphatic hydroxyl groups is 1. The number of piperidine rings is 1. The van der Waals surface area contributed by atoms with Crippen LogP contribution >= 0.6 is 0 Å². The Balaban J connectivity index is 2.34. The summed E-state index contributed by atoms with van der Waals surface area (Å²) in [5.74, 6) is 0. The first-order valence-electron chi connectivity index (χ1n) is 5.24. The molecular formula is C10H22N2O2. The molecule has 0 aromatic rings. The summed E-state index contributed by atoms with van der Waals surface area (Å²) >= 11 is 0. The molecule has 0 aromatic heterocycles. The molecule has 0 saturated carbocycles. The Bertz CT molecular complexity index is 171. The third-order valence-corrected chi connectivity index (χ3v) is 2.35. The van der Waals surface area contributed by atoms with Crippen LogP contribution in [0.1, 0.15) is 33.6 Å². The van der Waals surface area contributed by atoms with Crippen molar-refractivity contribution in [2.24, 2.45) is 5.73 Å². The summed E-state index contributed by atoms with van der Waals surface area (Å²) in [6, 6.07) is 0.285. The normalized spacial score (nSPS) is 23.8. The molecule has 0 bridgehead atoms. The molecular weight excluding hydrogens is 180 g/mol. The summed E-state index contributed by atoms with van der Waals surface area (Å²) in [5.41, 5.74) is 5.47. The molecule has 0 amide bonds. The standard InChI is InChI=1S/C10H22N2O2/c1-10(2,3)14-9(13)12-6-4-8(11)5-7-12/h8-9,13H,4-7,11H2,1-3H3. The number of hydrogen-bond donors (Lipinski definition) is 2. The summed E-state index contributed by atoms with van der Waals surface area (Å²) in [6.07, 6.45) is 1.08. The van der Waals surface area contributed by atoms with Gasteiger partial charge in [0, 0.05) is 19.1 Å². The number of nitrogens with two attached hydrogens (primary N) is 1. The third kappa shape index (κ3) is 3.92. The van der Waals surface area contributed by atoms with Gasteiger partial charge in [0.25, 0.3) is 0 Å². The van der Waals surface area contributed by atoms with Crippen molar-refractivity contribution in [3.05, 3.63) is 0 Å². The van der Waals surface area contributed by atoms with E-state index in [0.29, 0.717) is 0 Å². The molecule has 4 nitrogen and oxygen atoms in total. The first kappa shape index (κ1) is 11.9. The van der Waals surface area contributed by atoms with Gasteiger partial charge in [-0.25, -0.2) is 0 Å². The van der Waals surface area contributed by atoms with Crippen molar-refractivity contribution in [1.82, 2.24) is 4.90 Å². The van der Waals surface area contributed by atoms with Crippen LogP contribution in [0, 0.1) is 0 Å². The fourth-order valence-electron chi connectivity index (χ4n) is 1.53. The molecule has 84 valence electrons. The predicted octanol–water partition coefficient (Wildman–Crippen LogP) is 0.501. The van der Waals surface area contributed by atoms with Crippen LogP contribution in [0.25, 0.3) is 0 Å². The smallest absolute Gasteiger partial charge is 0.216 e. The summed E-state index contributed by atoms with van der Waals surface area (Å²) in [7, 11) is 0. The minimum atomic E-state index is -0.789. The minimum Gasteiger partial charge on any atom is -0.356 e. The lowest BCUT2D eigenvalue weighted by Crippen LogP contribution is -2.48. The Hall–Kier alpha value is -0.160. The second-order valence-electron chi connectivity index (χ2n) is 4.93. The lowest BCUT2D eigenvalue weighted by molar-refractivity contribution is -0.242. The molecule has 1 unspecified atom stereocenters. The van der Waals surface area contributed by atoms with Gasteiger partial charge in [-0.05, 0) is 33.6 Å². The average Bonchev–Trinajstić information content (AvgIpc) is 2.02. The van der Waals surface area contributed by atoms with Gasteiger partial charge in [-0.15, -0.1) is 0 Å². The number of likely N-dealkylation sites (tertiary alicyclic amines) is 1. The zero-order valence-electron chi connectivity index (χ0n) is 9.36. The van der Waals surface area contributed by atoms with E-state index in [2.05, 4.69) is 0 Å². The first-order chi connectivity index (χ1) is 6.38. The third-order valence-electron chi connectivity index (χ3n) is 2.35. The summed E-state index contributed by atoms with van der Waals surface area (Å²) in [5, 5.41) is 9.76. The molecule has 14 heavy (non-hydrogen) atoms. The number of ether oxygens (including phenoxy) is 1. The van der Waals surface area contributed by atoms with Crippen molar-refractivity contribution in [2.75, 3.05) is 13.1 Å². The van der Waals surface area contributed by atoms with Gasteiger partial charge < -0.3 is 15.6 Å². The van der Waals surface area contributed by atoms with Crippen molar-refractivity contribution >= 4 is 0 Å². The first-order valence-corrected chi connectivity index (χ1v) is 5.24. The topological polar surface area (TPSA) is 58.7 Å². The van der Waals surface area contributed by atoms with Gasteiger partial charge in [0.05, 0.1) is 5.60 Å². The molecule has 1 atom stereocenters.